The fraction of sp³-hybridized carbons (Fsp3) is 0.379. The first-order valence-corrected chi connectivity index (χ1v) is 12.8. The van der Waals surface area contributed by atoms with Crippen LogP contribution in [0.4, 0.5) is 8.78 Å². The number of nitrogens with zero attached hydrogens (tertiary/aromatic N) is 2. The number of aromatic nitrogens is 2. The molecule has 4 aromatic rings. The van der Waals surface area contributed by atoms with Gasteiger partial charge >= 0.3 is 5.97 Å². The van der Waals surface area contributed by atoms with Gasteiger partial charge in [-0.1, -0.05) is 17.7 Å². The van der Waals surface area contributed by atoms with Crippen molar-refractivity contribution in [3.63, 3.8) is 0 Å². The first-order valence-electron chi connectivity index (χ1n) is 12.8. The highest BCUT2D eigenvalue weighted by atomic mass is 19.1. The number of carboxylic acids is 1. The molecular weight excluding hydrogens is 494 g/mol. The van der Waals surface area contributed by atoms with Crippen molar-refractivity contribution in [3.05, 3.63) is 76.8 Å². The van der Waals surface area contributed by atoms with Crippen molar-refractivity contribution < 1.29 is 32.6 Å². The summed E-state index contributed by atoms with van der Waals surface area (Å²) in [5.74, 6) is -1.45. The highest BCUT2D eigenvalue weighted by Crippen LogP contribution is 2.28. The molecule has 0 spiro atoms. The maximum atomic E-state index is 14.5. The van der Waals surface area contributed by atoms with Crippen LogP contribution in [0.3, 0.4) is 0 Å². The molecule has 0 aliphatic heterocycles. The second-order valence-electron chi connectivity index (χ2n) is 9.80. The van der Waals surface area contributed by atoms with E-state index in [0.29, 0.717) is 18.9 Å². The molecule has 2 heterocycles. The molecular formula is C29H30F2N2O5. The minimum Gasteiger partial charge on any atom is -0.477 e. The molecule has 2 aromatic heterocycles. The predicted molar refractivity (Wildman–Crippen MR) is 137 cm³/mol. The van der Waals surface area contributed by atoms with Crippen LogP contribution in [0.2, 0.25) is 0 Å². The van der Waals surface area contributed by atoms with Gasteiger partial charge in [0.15, 0.2) is 0 Å². The molecule has 1 aliphatic carbocycles. The number of rotatable bonds is 9. The van der Waals surface area contributed by atoms with Gasteiger partial charge in [-0.2, -0.15) is 0 Å². The SMILES string of the molecule is Cc1cccc(-c2nc(COC3CCCC(OCCn4c(C(=O)O)cc5cc(F)cc(F)c54)C3)c(C)o2)c1. The molecule has 1 fully saturated rings. The Morgan fingerprint density at radius 3 is 2.68 bits per heavy atom. The summed E-state index contributed by atoms with van der Waals surface area (Å²) in [6, 6.07) is 11.2. The number of aromatic carboxylic acids is 1. The number of fused-ring (bicyclic) bond motifs is 1. The zero-order valence-electron chi connectivity index (χ0n) is 21.4. The molecule has 2 unspecified atom stereocenters. The highest BCUT2D eigenvalue weighted by molar-refractivity contribution is 5.94. The Hall–Kier alpha value is -3.56. The molecule has 38 heavy (non-hydrogen) atoms. The number of aryl methyl sites for hydroxylation is 2. The molecule has 7 nitrogen and oxygen atoms in total. The van der Waals surface area contributed by atoms with Crippen LogP contribution in [0.25, 0.3) is 22.4 Å². The van der Waals surface area contributed by atoms with Crippen LogP contribution in [0.5, 0.6) is 0 Å². The number of benzene rings is 2. The molecule has 1 aliphatic rings. The Morgan fingerprint density at radius 1 is 1.13 bits per heavy atom. The monoisotopic (exact) mass is 524 g/mol. The second-order valence-corrected chi connectivity index (χ2v) is 9.80. The number of carbonyl (C=O) groups is 1. The zero-order chi connectivity index (χ0) is 26.8. The summed E-state index contributed by atoms with van der Waals surface area (Å²) >= 11 is 0. The maximum Gasteiger partial charge on any atom is 0.352 e. The highest BCUT2D eigenvalue weighted by Gasteiger charge is 2.25. The number of hydrogen-bond acceptors (Lipinski definition) is 5. The van der Waals surface area contributed by atoms with Gasteiger partial charge in [-0.05, 0) is 63.8 Å². The van der Waals surface area contributed by atoms with Gasteiger partial charge in [0.2, 0.25) is 5.89 Å². The van der Waals surface area contributed by atoms with E-state index in [4.69, 9.17) is 13.9 Å². The number of hydrogen-bond donors (Lipinski definition) is 1. The third kappa shape index (κ3) is 5.63. The van der Waals surface area contributed by atoms with Crippen LogP contribution < -0.4 is 0 Å². The van der Waals surface area contributed by atoms with Gasteiger partial charge in [-0.3, -0.25) is 0 Å². The molecule has 0 amide bonds. The van der Waals surface area contributed by atoms with E-state index in [2.05, 4.69) is 4.98 Å². The Morgan fingerprint density at radius 2 is 1.92 bits per heavy atom. The summed E-state index contributed by atoms with van der Waals surface area (Å²) in [5.41, 5.74) is 2.78. The zero-order valence-corrected chi connectivity index (χ0v) is 21.4. The summed E-state index contributed by atoms with van der Waals surface area (Å²) in [6.07, 6.45) is 3.32. The number of oxazole rings is 1. The molecule has 1 N–H and O–H groups in total. The largest absolute Gasteiger partial charge is 0.477 e. The first kappa shape index (κ1) is 26.1. The standard InChI is InChI=1S/C29H30F2N2O5/c1-17-5-3-6-19(11-17)28-32-25(18(2)38-28)16-37-23-8-4-7-22(15-23)36-10-9-33-26(29(34)35)13-20-12-21(30)14-24(31)27(20)33/h3,5-6,11-14,22-23H,4,7-10,15-16H2,1-2H3,(H,34,35). The fourth-order valence-corrected chi connectivity index (χ4v) is 5.11. The average molecular weight is 525 g/mol. The Labute approximate surface area is 219 Å². The minimum absolute atomic E-state index is 0.00493. The lowest BCUT2D eigenvalue weighted by Gasteiger charge is -2.29. The quantitative estimate of drug-likeness (QED) is 0.271. The molecule has 5 rings (SSSR count). The summed E-state index contributed by atoms with van der Waals surface area (Å²) < 4.78 is 47.5. The molecule has 0 saturated heterocycles. The van der Waals surface area contributed by atoms with Crippen LogP contribution in [0.15, 0.2) is 46.9 Å². The summed E-state index contributed by atoms with van der Waals surface area (Å²) in [5, 5.41) is 9.76. The van der Waals surface area contributed by atoms with Gasteiger partial charge in [-0.25, -0.2) is 18.6 Å². The molecule has 0 bridgehead atoms. The second kappa shape index (κ2) is 11.0. The van der Waals surface area contributed by atoms with E-state index < -0.39 is 17.6 Å². The van der Waals surface area contributed by atoms with E-state index in [9.17, 15) is 18.7 Å². The lowest BCUT2D eigenvalue weighted by atomic mass is 9.95. The van der Waals surface area contributed by atoms with Gasteiger partial charge < -0.3 is 23.6 Å². The van der Waals surface area contributed by atoms with Gasteiger partial charge in [0.25, 0.3) is 0 Å². The summed E-state index contributed by atoms with van der Waals surface area (Å²) in [7, 11) is 0. The van der Waals surface area contributed by atoms with Crippen molar-refractivity contribution in [3.8, 4) is 11.5 Å². The van der Waals surface area contributed by atoms with E-state index in [1.807, 2.05) is 38.1 Å². The number of carboxylic acid groups (broad SMARTS) is 1. The molecule has 2 atom stereocenters. The van der Waals surface area contributed by atoms with Gasteiger partial charge in [0, 0.05) is 23.6 Å². The van der Waals surface area contributed by atoms with Crippen LogP contribution >= 0.6 is 0 Å². The van der Waals surface area contributed by atoms with Crippen LogP contribution in [0, 0.1) is 25.5 Å². The molecule has 2 aromatic carbocycles. The third-order valence-corrected chi connectivity index (χ3v) is 6.99. The van der Waals surface area contributed by atoms with Crippen molar-refractivity contribution in [2.75, 3.05) is 6.61 Å². The van der Waals surface area contributed by atoms with Gasteiger partial charge in [-0.15, -0.1) is 0 Å². The number of halogens is 2. The molecule has 200 valence electrons. The average Bonchev–Trinajstić information content (AvgIpc) is 3.43. The smallest absolute Gasteiger partial charge is 0.352 e. The van der Waals surface area contributed by atoms with E-state index in [-0.39, 0.29) is 42.0 Å². The fourth-order valence-electron chi connectivity index (χ4n) is 5.11. The molecule has 0 radical (unpaired) electrons. The number of ether oxygens (including phenoxy) is 2. The van der Waals surface area contributed by atoms with Crippen molar-refractivity contribution >= 4 is 16.9 Å². The van der Waals surface area contributed by atoms with Crippen LogP contribution in [-0.4, -0.2) is 39.4 Å². The van der Waals surface area contributed by atoms with Crippen LogP contribution in [-0.2, 0) is 22.6 Å². The molecule has 1 saturated carbocycles. The minimum atomic E-state index is -1.21. The predicted octanol–water partition coefficient (Wildman–Crippen LogP) is 6.43. The first-order chi connectivity index (χ1) is 18.3. The van der Waals surface area contributed by atoms with Crippen molar-refractivity contribution in [1.29, 1.82) is 0 Å². The van der Waals surface area contributed by atoms with Crippen molar-refractivity contribution in [2.24, 2.45) is 0 Å². The van der Waals surface area contributed by atoms with Gasteiger partial charge in [0.1, 0.15) is 28.8 Å². The van der Waals surface area contributed by atoms with E-state index in [1.165, 1.54) is 10.6 Å². The van der Waals surface area contributed by atoms with E-state index in [1.54, 1.807) is 0 Å². The lowest BCUT2D eigenvalue weighted by Crippen LogP contribution is -2.29. The third-order valence-electron chi connectivity index (χ3n) is 6.99. The van der Waals surface area contributed by atoms with E-state index in [0.717, 1.165) is 54.0 Å². The normalized spacial score (nSPS) is 17.8. The lowest BCUT2D eigenvalue weighted by molar-refractivity contribution is -0.0523. The van der Waals surface area contributed by atoms with Gasteiger partial charge in [0.05, 0.1) is 30.9 Å². The van der Waals surface area contributed by atoms with Crippen molar-refractivity contribution in [1.82, 2.24) is 9.55 Å². The molecule has 9 heteroatoms. The Kier molecular flexibility index (Phi) is 7.58. The summed E-state index contributed by atoms with van der Waals surface area (Å²) in [6.45, 7) is 4.57. The Bertz CT molecular complexity index is 1460. The van der Waals surface area contributed by atoms with Crippen LogP contribution in [0.1, 0.15) is 53.2 Å². The van der Waals surface area contributed by atoms with E-state index >= 15 is 0 Å². The maximum absolute atomic E-state index is 14.5. The topological polar surface area (TPSA) is 86.7 Å². The Balaban J connectivity index is 1.17. The van der Waals surface area contributed by atoms with Crippen molar-refractivity contribution in [2.45, 2.75) is 64.9 Å². The summed E-state index contributed by atoms with van der Waals surface area (Å²) in [4.78, 5) is 16.3.